The number of piperazine rings is 1. The summed E-state index contributed by atoms with van der Waals surface area (Å²) in [5, 5.41) is 3.57. The van der Waals surface area contributed by atoms with E-state index < -0.39 is 0 Å². The maximum atomic E-state index is 12.9. The van der Waals surface area contributed by atoms with Gasteiger partial charge >= 0.3 is 0 Å². The minimum Gasteiger partial charge on any atom is -0.459 e. The Kier molecular flexibility index (Phi) is 5.31. The van der Waals surface area contributed by atoms with Crippen LogP contribution < -0.4 is 10.2 Å². The van der Waals surface area contributed by atoms with Crippen molar-refractivity contribution in [1.29, 1.82) is 0 Å². The number of ether oxygens (including phenoxy) is 2. The van der Waals surface area contributed by atoms with Crippen LogP contribution in [0.2, 0.25) is 0 Å². The molecule has 0 spiro atoms. The second-order valence-corrected chi connectivity index (χ2v) is 8.27. The molecule has 0 radical (unpaired) electrons. The molecule has 2 saturated heterocycles. The summed E-state index contributed by atoms with van der Waals surface area (Å²) in [6.07, 6.45) is 3.53. The summed E-state index contributed by atoms with van der Waals surface area (Å²) >= 11 is 1.60. The third-order valence-electron chi connectivity index (χ3n) is 4.87. The molecule has 0 saturated carbocycles. The van der Waals surface area contributed by atoms with Crippen LogP contribution in [0.15, 0.2) is 41.3 Å². The molecule has 144 valence electrons. The molecule has 0 bridgehead atoms. The van der Waals surface area contributed by atoms with Gasteiger partial charge in [-0.1, -0.05) is 18.2 Å². The third kappa shape index (κ3) is 3.94. The molecular weight excluding hydrogens is 362 g/mol. The van der Waals surface area contributed by atoms with Gasteiger partial charge in [0.25, 0.3) is 5.91 Å². The van der Waals surface area contributed by atoms with Crippen molar-refractivity contribution in [2.75, 3.05) is 37.1 Å². The maximum absolute atomic E-state index is 12.9. The number of carbonyl (C=O) groups is 1. The highest BCUT2D eigenvalue weighted by atomic mass is 32.2. The second kappa shape index (κ2) is 7.86. The van der Waals surface area contributed by atoms with E-state index in [1.54, 1.807) is 16.7 Å². The van der Waals surface area contributed by atoms with Gasteiger partial charge in [0.1, 0.15) is 6.26 Å². The Hall–Kier alpha value is -2.12. The Morgan fingerprint density at radius 3 is 2.74 bits per heavy atom. The van der Waals surface area contributed by atoms with Gasteiger partial charge in [-0.2, -0.15) is 0 Å². The monoisotopic (exact) mass is 387 g/mol. The number of para-hydroxylation sites is 1. The summed E-state index contributed by atoms with van der Waals surface area (Å²) < 4.78 is 10.5. The standard InChI is InChI=1S/C20H25N3O3S/c1-14-10-22(11-15(2)21-14)17-6-4-3-5-16(17)9-18-20(24)23(7-8-27-18)19-12-25-13-26-19/h3-6,9,12,14-15,21H,7-8,10-11,13H2,1-2H3. The first kappa shape index (κ1) is 18.3. The van der Waals surface area contributed by atoms with Crippen LogP contribution in [0, 0.1) is 0 Å². The Morgan fingerprint density at radius 1 is 1.22 bits per heavy atom. The van der Waals surface area contributed by atoms with Gasteiger partial charge in [0.15, 0.2) is 0 Å². The zero-order chi connectivity index (χ0) is 18.8. The van der Waals surface area contributed by atoms with Crippen LogP contribution in [0.5, 0.6) is 0 Å². The fraction of sp³-hybridized carbons (Fsp3) is 0.450. The van der Waals surface area contributed by atoms with E-state index in [0.717, 1.165) is 29.3 Å². The van der Waals surface area contributed by atoms with E-state index in [-0.39, 0.29) is 12.7 Å². The minimum absolute atomic E-state index is 0.0279. The summed E-state index contributed by atoms with van der Waals surface area (Å²) in [5.74, 6) is 1.31. The Balaban J connectivity index is 1.61. The van der Waals surface area contributed by atoms with Crippen LogP contribution in [0.3, 0.4) is 0 Å². The molecule has 4 rings (SSSR count). The van der Waals surface area contributed by atoms with E-state index in [1.165, 1.54) is 11.9 Å². The lowest BCUT2D eigenvalue weighted by Gasteiger charge is -2.38. The molecule has 2 fully saturated rings. The highest BCUT2D eigenvalue weighted by Gasteiger charge is 2.30. The van der Waals surface area contributed by atoms with Crippen molar-refractivity contribution in [3.8, 4) is 0 Å². The second-order valence-electron chi connectivity index (χ2n) is 7.13. The molecule has 3 heterocycles. The predicted octanol–water partition coefficient (Wildman–Crippen LogP) is 2.59. The van der Waals surface area contributed by atoms with E-state index in [4.69, 9.17) is 9.47 Å². The fourth-order valence-corrected chi connectivity index (χ4v) is 4.73. The lowest BCUT2D eigenvalue weighted by atomic mass is 10.1. The molecule has 0 aliphatic carbocycles. The molecule has 1 aromatic carbocycles. The molecule has 1 N–H and O–H groups in total. The van der Waals surface area contributed by atoms with Crippen molar-refractivity contribution in [1.82, 2.24) is 10.2 Å². The highest BCUT2D eigenvalue weighted by molar-refractivity contribution is 8.04. The number of rotatable bonds is 3. The van der Waals surface area contributed by atoms with Crippen LogP contribution in [0.4, 0.5) is 5.69 Å². The average Bonchev–Trinajstić information content (AvgIpc) is 3.17. The smallest absolute Gasteiger partial charge is 0.267 e. The molecule has 6 nitrogen and oxygen atoms in total. The molecule has 0 aromatic heterocycles. The first-order valence-corrected chi connectivity index (χ1v) is 10.3. The van der Waals surface area contributed by atoms with Crippen LogP contribution in [-0.4, -0.2) is 55.1 Å². The number of nitrogens with one attached hydrogen (secondary N) is 1. The Morgan fingerprint density at radius 2 is 2.00 bits per heavy atom. The lowest BCUT2D eigenvalue weighted by molar-refractivity contribution is -0.127. The topological polar surface area (TPSA) is 54.0 Å². The number of carbonyl (C=O) groups excluding carboxylic acids is 1. The van der Waals surface area contributed by atoms with Crippen molar-refractivity contribution in [3.63, 3.8) is 0 Å². The summed E-state index contributed by atoms with van der Waals surface area (Å²) in [7, 11) is 0. The first-order chi connectivity index (χ1) is 13.1. The van der Waals surface area contributed by atoms with Crippen molar-refractivity contribution in [2.24, 2.45) is 0 Å². The van der Waals surface area contributed by atoms with E-state index in [2.05, 4.69) is 42.3 Å². The average molecular weight is 388 g/mol. The van der Waals surface area contributed by atoms with Gasteiger partial charge in [-0.3, -0.25) is 9.69 Å². The summed E-state index contributed by atoms with van der Waals surface area (Å²) in [6, 6.07) is 9.18. The number of hydrogen-bond acceptors (Lipinski definition) is 6. The van der Waals surface area contributed by atoms with Gasteiger partial charge in [-0.15, -0.1) is 11.8 Å². The third-order valence-corrected chi connectivity index (χ3v) is 5.87. The van der Waals surface area contributed by atoms with Gasteiger partial charge in [0.05, 0.1) is 4.91 Å². The fourth-order valence-electron chi connectivity index (χ4n) is 3.79. The van der Waals surface area contributed by atoms with Gasteiger partial charge in [-0.25, -0.2) is 0 Å². The molecule has 3 aliphatic heterocycles. The number of hydrogen-bond donors (Lipinski definition) is 1. The van der Waals surface area contributed by atoms with Crippen molar-refractivity contribution in [3.05, 3.63) is 46.9 Å². The van der Waals surface area contributed by atoms with Crippen LogP contribution in [-0.2, 0) is 14.3 Å². The van der Waals surface area contributed by atoms with Gasteiger partial charge < -0.3 is 19.7 Å². The molecule has 3 aliphatic rings. The molecule has 2 atom stereocenters. The molecule has 27 heavy (non-hydrogen) atoms. The maximum Gasteiger partial charge on any atom is 0.267 e. The zero-order valence-corrected chi connectivity index (χ0v) is 16.5. The number of benzene rings is 1. The summed E-state index contributed by atoms with van der Waals surface area (Å²) in [5.41, 5.74) is 2.25. The zero-order valence-electron chi connectivity index (χ0n) is 15.7. The van der Waals surface area contributed by atoms with E-state index >= 15 is 0 Å². The lowest BCUT2D eigenvalue weighted by Crippen LogP contribution is -2.54. The number of anilines is 1. The Bertz CT molecular complexity index is 769. The summed E-state index contributed by atoms with van der Waals surface area (Å²) in [6.45, 7) is 7.13. The predicted molar refractivity (Wildman–Crippen MR) is 108 cm³/mol. The quantitative estimate of drug-likeness (QED) is 0.805. The van der Waals surface area contributed by atoms with E-state index in [1.807, 2.05) is 12.1 Å². The van der Waals surface area contributed by atoms with Crippen molar-refractivity contribution < 1.29 is 14.3 Å². The molecule has 7 heteroatoms. The highest BCUT2D eigenvalue weighted by Crippen LogP contribution is 2.32. The molecular formula is C20H25N3O3S. The summed E-state index contributed by atoms with van der Waals surface area (Å²) in [4.78, 5) is 17.7. The Labute approximate surface area is 164 Å². The largest absolute Gasteiger partial charge is 0.459 e. The van der Waals surface area contributed by atoms with E-state index in [0.29, 0.717) is 24.5 Å². The van der Waals surface area contributed by atoms with Gasteiger partial charge in [0, 0.05) is 43.2 Å². The van der Waals surface area contributed by atoms with Crippen LogP contribution in [0.1, 0.15) is 19.4 Å². The molecule has 2 unspecified atom stereocenters. The normalized spacial score (nSPS) is 27.4. The van der Waals surface area contributed by atoms with Crippen molar-refractivity contribution >= 4 is 29.4 Å². The van der Waals surface area contributed by atoms with Crippen molar-refractivity contribution in [2.45, 2.75) is 25.9 Å². The minimum atomic E-state index is -0.0279. The number of amides is 1. The SMILES string of the molecule is CC1CN(c2ccccc2C=C2SCCN(C3=COCO3)C2=O)CC(C)N1. The molecule has 1 aromatic rings. The van der Waals surface area contributed by atoms with Gasteiger partial charge in [0.2, 0.25) is 12.7 Å². The first-order valence-electron chi connectivity index (χ1n) is 9.33. The van der Waals surface area contributed by atoms with Crippen LogP contribution >= 0.6 is 11.8 Å². The van der Waals surface area contributed by atoms with Crippen LogP contribution in [0.25, 0.3) is 6.08 Å². The number of thioether (sulfide) groups is 1. The van der Waals surface area contributed by atoms with Gasteiger partial charge in [-0.05, 0) is 31.6 Å². The molecule has 1 amide bonds. The number of nitrogens with zero attached hydrogens (tertiary/aromatic N) is 2. The van der Waals surface area contributed by atoms with E-state index in [9.17, 15) is 4.79 Å².